The van der Waals surface area contributed by atoms with Crippen LogP contribution in [0.15, 0.2) is 24.5 Å². The molecule has 0 aromatic carbocycles. The zero-order chi connectivity index (χ0) is 15.8. The highest BCUT2D eigenvalue weighted by Crippen LogP contribution is 2.53. The minimum Gasteiger partial charge on any atom is -0.394 e. The van der Waals surface area contributed by atoms with Gasteiger partial charge in [-0.2, -0.15) is 26.3 Å². The van der Waals surface area contributed by atoms with Gasteiger partial charge in [0.15, 0.2) is 8.32 Å². The van der Waals surface area contributed by atoms with Crippen LogP contribution < -0.4 is 0 Å². The van der Waals surface area contributed by atoms with Gasteiger partial charge in [-0.1, -0.05) is 6.07 Å². The lowest BCUT2D eigenvalue weighted by Gasteiger charge is -2.41. The molecule has 9 heteroatoms. The number of alkyl halides is 6. The van der Waals surface area contributed by atoms with E-state index in [1.165, 1.54) is 19.6 Å². The molecule has 0 saturated heterocycles. The highest BCUT2D eigenvalue weighted by molar-refractivity contribution is 6.69. The molecule has 0 fully saturated rings. The molecule has 0 aliphatic heterocycles. The predicted octanol–water partition coefficient (Wildman–Crippen LogP) is 4.25. The average molecular weight is 317 g/mol. The van der Waals surface area contributed by atoms with Crippen LogP contribution in [-0.2, 0) is 10.0 Å². The summed E-state index contributed by atoms with van der Waals surface area (Å²) in [6.07, 6.45) is -9.67. The second kappa shape index (κ2) is 5.03. The Kier molecular flexibility index (Phi) is 4.26. The van der Waals surface area contributed by atoms with E-state index in [0.29, 0.717) is 12.3 Å². The molecular formula is C11H13F6NOSi. The summed E-state index contributed by atoms with van der Waals surface area (Å²) in [7, 11) is -3.16. The molecule has 0 unspecified atom stereocenters. The fraction of sp³-hybridized carbons (Fsp3) is 0.545. The van der Waals surface area contributed by atoms with Crippen molar-refractivity contribution in [3.8, 4) is 0 Å². The Morgan fingerprint density at radius 2 is 1.50 bits per heavy atom. The molecule has 0 atom stereocenters. The molecule has 0 aliphatic carbocycles. The summed E-state index contributed by atoms with van der Waals surface area (Å²) < 4.78 is 84.0. The second-order valence-corrected chi connectivity index (χ2v) is 9.56. The summed E-state index contributed by atoms with van der Waals surface area (Å²) >= 11 is 0. The van der Waals surface area contributed by atoms with Crippen molar-refractivity contribution in [1.29, 1.82) is 0 Å². The summed E-state index contributed by atoms with van der Waals surface area (Å²) in [5.41, 5.74) is -5.42. The predicted molar refractivity (Wildman–Crippen MR) is 62.5 cm³/mol. The van der Waals surface area contributed by atoms with Gasteiger partial charge in [-0.15, -0.1) is 0 Å². The molecular weight excluding hydrogens is 304 g/mol. The molecule has 114 valence electrons. The molecule has 0 aliphatic rings. The minimum absolute atomic E-state index is 0.529. The van der Waals surface area contributed by atoms with E-state index in [9.17, 15) is 26.3 Å². The zero-order valence-electron chi connectivity index (χ0n) is 10.9. The Morgan fingerprint density at radius 1 is 1.00 bits per heavy atom. The van der Waals surface area contributed by atoms with Crippen molar-refractivity contribution in [3.63, 3.8) is 0 Å². The van der Waals surface area contributed by atoms with E-state index < -0.39 is 31.8 Å². The fourth-order valence-corrected chi connectivity index (χ4v) is 2.96. The maximum absolute atomic E-state index is 13.2. The quantitative estimate of drug-likeness (QED) is 0.614. The number of hydrogen-bond acceptors (Lipinski definition) is 2. The zero-order valence-corrected chi connectivity index (χ0v) is 11.9. The largest absolute Gasteiger partial charge is 0.429 e. The second-order valence-electron chi connectivity index (χ2n) is 5.13. The normalized spacial score (nSPS) is 14.4. The van der Waals surface area contributed by atoms with Crippen LogP contribution in [0.25, 0.3) is 0 Å². The van der Waals surface area contributed by atoms with Crippen LogP contribution >= 0.6 is 0 Å². The van der Waals surface area contributed by atoms with E-state index in [1.807, 2.05) is 0 Å². The van der Waals surface area contributed by atoms with Crippen molar-refractivity contribution in [2.45, 2.75) is 37.6 Å². The highest BCUT2D eigenvalue weighted by atomic mass is 28.4. The molecule has 1 aromatic rings. The molecule has 0 spiro atoms. The number of hydrogen-bond donors (Lipinski definition) is 0. The third-order valence-corrected chi connectivity index (χ3v) is 3.24. The van der Waals surface area contributed by atoms with Crippen molar-refractivity contribution in [2.75, 3.05) is 0 Å². The summed E-state index contributed by atoms with van der Waals surface area (Å²) in [4.78, 5) is 3.34. The third kappa shape index (κ3) is 3.14. The van der Waals surface area contributed by atoms with Crippen molar-refractivity contribution >= 4 is 8.32 Å². The maximum Gasteiger partial charge on any atom is 0.429 e. The lowest BCUT2D eigenvalue weighted by Crippen LogP contribution is -2.59. The van der Waals surface area contributed by atoms with E-state index in [0.717, 1.165) is 12.3 Å². The number of pyridine rings is 1. The standard InChI is InChI=1S/C11H13F6NOSi/c1-20(2,3)19-9(10(12,13)14,11(15,16)17)8-5-4-6-18-7-8/h4-7H,1-3H3. The molecule has 0 saturated carbocycles. The van der Waals surface area contributed by atoms with Crippen LogP contribution in [0.5, 0.6) is 0 Å². The lowest BCUT2D eigenvalue weighted by molar-refractivity contribution is -0.368. The molecule has 1 rings (SSSR count). The molecule has 20 heavy (non-hydrogen) atoms. The fourth-order valence-electron chi connectivity index (χ4n) is 1.69. The van der Waals surface area contributed by atoms with Gasteiger partial charge in [0.1, 0.15) is 0 Å². The minimum atomic E-state index is -5.64. The van der Waals surface area contributed by atoms with E-state index in [1.54, 1.807) is 0 Å². The van der Waals surface area contributed by atoms with Gasteiger partial charge in [0, 0.05) is 18.0 Å². The smallest absolute Gasteiger partial charge is 0.394 e. The first kappa shape index (κ1) is 17.0. The van der Waals surface area contributed by atoms with Crippen molar-refractivity contribution in [3.05, 3.63) is 30.1 Å². The van der Waals surface area contributed by atoms with Gasteiger partial charge in [0.05, 0.1) is 0 Å². The van der Waals surface area contributed by atoms with Crippen molar-refractivity contribution in [1.82, 2.24) is 4.98 Å². The van der Waals surface area contributed by atoms with Gasteiger partial charge in [-0.3, -0.25) is 4.98 Å². The van der Waals surface area contributed by atoms with E-state index in [-0.39, 0.29) is 0 Å². The lowest BCUT2D eigenvalue weighted by atomic mass is 9.94. The molecule has 0 N–H and O–H groups in total. The first-order chi connectivity index (χ1) is 8.81. The number of nitrogens with zero attached hydrogens (tertiary/aromatic N) is 1. The van der Waals surface area contributed by atoms with Gasteiger partial charge in [-0.25, -0.2) is 0 Å². The topological polar surface area (TPSA) is 22.1 Å². The number of rotatable bonds is 3. The molecule has 0 amide bonds. The Labute approximate surface area is 112 Å². The molecule has 1 aromatic heterocycles. The third-order valence-electron chi connectivity index (χ3n) is 2.33. The van der Waals surface area contributed by atoms with E-state index in [4.69, 9.17) is 0 Å². The number of halogens is 6. The van der Waals surface area contributed by atoms with Gasteiger partial charge in [0.2, 0.25) is 0 Å². The van der Waals surface area contributed by atoms with E-state index >= 15 is 0 Å². The molecule has 1 heterocycles. The van der Waals surface area contributed by atoms with Crippen LogP contribution in [-0.4, -0.2) is 25.7 Å². The van der Waals surface area contributed by atoms with Crippen LogP contribution in [0.3, 0.4) is 0 Å². The number of aromatic nitrogens is 1. The van der Waals surface area contributed by atoms with Crippen LogP contribution in [0.4, 0.5) is 26.3 Å². The Bertz CT molecular complexity index is 437. The first-order valence-corrected chi connectivity index (χ1v) is 8.96. The Hall–Kier alpha value is -1.09. The molecule has 0 radical (unpaired) electrons. The molecule has 2 nitrogen and oxygen atoms in total. The first-order valence-electron chi connectivity index (χ1n) is 5.55. The SMILES string of the molecule is C[Si](C)(C)OC(c1cccnc1)(C(F)(F)F)C(F)(F)F. The van der Waals surface area contributed by atoms with Crippen LogP contribution in [0.2, 0.25) is 19.6 Å². The summed E-state index contributed by atoms with van der Waals surface area (Å²) in [5.74, 6) is 0. The Morgan fingerprint density at radius 3 is 1.80 bits per heavy atom. The molecule has 0 bridgehead atoms. The van der Waals surface area contributed by atoms with Crippen LogP contribution in [0, 0.1) is 0 Å². The summed E-state index contributed by atoms with van der Waals surface area (Å²) in [6, 6.07) is 1.73. The van der Waals surface area contributed by atoms with Crippen molar-refractivity contribution < 1.29 is 30.8 Å². The van der Waals surface area contributed by atoms with E-state index in [2.05, 4.69) is 9.41 Å². The van der Waals surface area contributed by atoms with Gasteiger partial charge >= 0.3 is 12.4 Å². The van der Waals surface area contributed by atoms with Gasteiger partial charge < -0.3 is 4.43 Å². The average Bonchev–Trinajstić information content (AvgIpc) is 2.22. The summed E-state index contributed by atoms with van der Waals surface area (Å²) in [5, 5.41) is 0. The summed E-state index contributed by atoms with van der Waals surface area (Å²) in [6.45, 7) is 3.78. The van der Waals surface area contributed by atoms with Crippen LogP contribution in [0.1, 0.15) is 5.56 Å². The maximum atomic E-state index is 13.2. The highest BCUT2D eigenvalue weighted by Gasteiger charge is 2.74. The van der Waals surface area contributed by atoms with Gasteiger partial charge in [0.25, 0.3) is 5.60 Å². The van der Waals surface area contributed by atoms with Gasteiger partial charge in [-0.05, 0) is 25.7 Å². The van der Waals surface area contributed by atoms with Crippen molar-refractivity contribution in [2.24, 2.45) is 0 Å². The Balaban J connectivity index is 3.61. The monoisotopic (exact) mass is 317 g/mol.